The number of allylic oxidation sites excluding steroid dienone is 1. The molecule has 4 aliphatic rings. The molecule has 4 aliphatic carbocycles. The average Bonchev–Trinajstić information content (AvgIpc) is 3.02. The molecule has 0 aliphatic heterocycles. The van der Waals surface area contributed by atoms with Gasteiger partial charge in [-0.05, 0) is 75.0 Å². The highest BCUT2D eigenvalue weighted by Crippen LogP contribution is 2.66. The van der Waals surface area contributed by atoms with Gasteiger partial charge in [0.05, 0.1) is 0 Å². The van der Waals surface area contributed by atoms with Crippen LogP contribution < -0.4 is 0 Å². The molecule has 2 nitrogen and oxygen atoms in total. The molecule has 0 N–H and O–H groups in total. The van der Waals surface area contributed by atoms with Crippen molar-refractivity contribution in [3.05, 3.63) is 11.6 Å². The molecule has 0 spiro atoms. The molecule has 3 heteroatoms. The summed E-state index contributed by atoms with van der Waals surface area (Å²) in [6, 6.07) is 0. The molecular formula is C28H44O2S. The number of thioether (sulfide) groups is 1. The molecule has 174 valence electrons. The summed E-state index contributed by atoms with van der Waals surface area (Å²) >= 11 is 1.97. The molecule has 4 rings (SSSR count). The van der Waals surface area contributed by atoms with Gasteiger partial charge in [0.2, 0.25) is 0 Å². The topological polar surface area (TPSA) is 34.1 Å². The van der Waals surface area contributed by atoms with Crippen molar-refractivity contribution in [2.75, 3.05) is 12.0 Å². The van der Waals surface area contributed by atoms with E-state index in [1.807, 2.05) is 17.8 Å². The first-order valence-electron chi connectivity index (χ1n) is 13.2. The molecule has 0 aromatic rings. The van der Waals surface area contributed by atoms with Crippen molar-refractivity contribution in [1.29, 1.82) is 0 Å². The highest BCUT2D eigenvalue weighted by Gasteiger charge is 2.61. The molecule has 0 amide bonds. The number of hydrogen-bond acceptors (Lipinski definition) is 3. The predicted molar refractivity (Wildman–Crippen MR) is 131 cm³/mol. The van der Waals surface area contributed by atoms with Crippen molar-refractivity contribution in [2.45, 2.75) is 104 Å². The molecule has 0 aromatic heterocycles. The van der Waals surface area contributed by atoms with Crippen LogP contribution in [0, 0.1) is 34.5 Å². The van der Waals surface area contributed by atoms with E-state index in [0.717, 1.165) is 44.3 Å². The predicted octanol–water partition coefficient (Wildman–Crippen LogP) is 7.41. The van der Waals surface area contributed by atoms with Gasteiger partial charge in [0.25, 0.3) is 0 Å². The first-order valence-corrected chi connectivity index (χ1v) is 14.6. The van der Waals surface area contributed by atoms with Gasteiger partial charge in [-0.1, -0.05) is 57.9 Å². The number of carbonyl (C=O) groups excluding carboxylic acids is 2. The summed E-state index contributed by atoms with van der Waals surface area (Å²) in [7, 11) is 0. The van der Waals surface area contributed by atoms with Gasteiger partial charge in [-0.15, -0.1) is 0 Å². The maximum Gasteiger partial charge on any atom is 0.155 e. The van der Waals surface area contributed by atoms with Crippen LogP contribution in [-0.2, 0) is 9.59 Å². The number of carbonyl (C=O) groups is 2. The molecule has 3 fully saturated rings. The minimum Gasteiger partial charge on any atom is -0.299 e. The van der Waals surface area contributed by atoms with Gasteiger partial charge in [-0.2, -0.15) is 11.8 Å². The van der Waals surface area contributed by atoms with Crippen LogP contribution in [0.4, 0.5) is 0 Å². The van der Waals surface area contributed by atoms with Crippen molar-refractivity contribution in [3.8, 4) is 0 Å². The zero-order chi connectivity index (χ0) is 22.1. The Hall–Kier alpha value is -0.570. The lowest BCUT2D eigenvalue weighted by molar-refractivity contribution is -0.134. The first-order chi connectivity index (χ1) is 15.0. The zero-order valence-corrected chi connectivity index (χ0v) is 21.0. The lowest BCUT2D eigenvalue weighted by Crippen LogP contribution is -2.52. The highest BCUT2D eigenvalue weighted by molar-refractivity contribution is 7.98. The third-order valence-electron chi connectivity index (χ3n) is 9.86. The number of Topliss-reactive ketones (excluding diaryl/α,β-unsaturated/α-hetero) is 1. The van der Waals surface area contributed by atoms with Crippen LogP contribution in [0.3, 0.4) is 0 Å². The van der Waals surface area contributed by atoms with E-state index in [4.69, 9.17) is 0 Å². The maximum absolute atomic E-state index is 13.6. The van der Waals surface area contributed by atoms with Gasteiger partial charge >= 0.3 is 0 Å². The van der Waals surface area contributed by atoms with Crippen LogP contribution in [0.25, 0.3) is 0 Å². The fourth-order valence-electron chi connectivity index (χ4n) is 8.25. The quantitative estimate of drug-likeness (QED) is 0.347. The molecule has 0 aromatic carbocycles. The highest BCUT2D eigenvalue weighted by atomic mass is 32.2. The van der Waals surface area contributed by atoms with Gasteiger partial charge < -0.3 is 0 Å². The van der Waals surface area contributed by atoms with E-state index in [1.54, 1.807) is 0 Å². The second-order valence-corrected chi connectivity index (χ2v) is 12.3. The van der Waals surface area contributed by atoms with Crippen molar-refractivity contribution in [2.24, 2.45) is 34.5 Å². The Morgan fingerprint density at radius 3 is 2.55 bits per heavy atom. The monoisotopic (exact) mass is 444 g/mol. The Kier molecular flexibility index (Phi) is 7.41. The number of rotatable bonds is 9. The van der Waals surface area contributed by atoms with E-state index in [2.05, 4.69) is 20.1 Å². The third kappa shape index (κ3) is 4.22. The molecule has 31 heavy (non-hydrogen) atoms. The van der Waals surface area contributed by atoms with E-state index in [1.165, 1.54) is 56.9 Å². The van der Waals surface area contributed by atoms with Gasteiger partial charge in [0, 0.05) is 28.9 Å². The summed E-state index contributed by atoms with van der Waals surface area (Å²) < 4.78 is 0. The van der Waals surface area contributed by atoms with Crippen molar-refractivity contribution >= 4 is 23.3 Å². The Morgan fingerprint density at radius 2 is 1.77 bits per heavy atom. The second-order valence-electron chi connectivity index (χ2n) is 11.5. The van der Waals surface area contributed by atoms with Crippen LogP contribution in [0.15, 0.2) is 11.6 Å². The summed E-state index contributed by atoms with van der Waals surface area (Å²) in [6.45, 7) is 4.60. The van der Waals surface area contributed by atoms with Gasteiger partial charge in [-0.3, -0.25) is 9.59 Å². The van der Waals surface area contributed by atoms with Crippen LogP contribution in [0.2, 0.25) is 0 Å². The number of hydrogen-bond donors (Lipinski definition) is 0. The minimum atomic E-state index is -0.0692. The Balaban J connectivity index is 1.47. The van der Waals surface area contributed by atoms with Gasteiger partial charge in [-0.25, -0.2) is 0 Å². The smallest absolute Gasteiger partial charge is 0.155 e. The van der Waals surface area contributed by atoms with Crippen LogP contribution >= 0.6 is 11.8 Å². The third-order valence-corrected chi connectivity index (χ3v) is 10.7. The summed E-state index contributed by atoms with van der Waals surface area (Å²) in [4.78, 5) is 25.8. The van der Waals surface area contributed by atoms with Crippen molar-refractivity contribution in [1.82, 2.24) is 0 Å². The fraction of sp³-hybridized carbons (Fsp3) is 0.857. The number of unbranched alkanes of at least 4 members (excludes halogenated alkanes) is 5. The van der Waals surface area contributed by atoms with Gasteiger partial charge in [0.15, 0.2) is 5.78 Å². The van der Waals surface area contributed by atoms with Crippen LogP contribution in [0.5, 0.6) is 0 Å². The lowest BCUT2D eigenvalue weighted by Gasteiger charge is -2.58. The Bertz CT molecular complexity index is 712. The number of fused-ring (bicyclic) bond motifs is 5. The Labute approximate surface area is 194 Å². The summed E-state index contributed by atoms with van der Waals surface area (Å²) in [5.74, 6) is 4.40. The van der Waals surface area contributed by atoms with Crippen LogP contribution in [-0.4, -0.2) is 23.6 Å². The second kappa shape index (κ2) is 9.74. The Morgan fingerprint density at radius 1 is 1.00 bits per heavy atom. The van der Waals surface area contributed by atoms with Crippen molar-refractivity contribution in [3.63, 3.8) is 0 Å². The van der Waals surface area contributed by atoms with E-state index < -0.39 is 0 Å². The van der Waals surface area contributed by atoms with E-state index in [9.17, 15) is 9.59 Å². The minimum absolute atomic E-state index is 0.0692. The molecule has 0 radical (unpaired) electrons. The largest absolute Gasteiger partial charge is 0.299 e. The SMILES string of the molecule is CCCCCCCCC1C[C@H]2[C@@H]3CCC4=CC(=O)CC[C@]4(CSC)[C@@H]3CC[C@]2(C)C1=O. The molecule has 6 atom stereocenters. The molecule has 0 bridgehead atoms. The zero-order valence-electron chi connectivity index (χ0n) is 20.2. The molecule has 0 saturated heterocycles. The normalized spacial score (nSPS) is 39.6. The lowest BCUT2D eigenvalue weighted by atomic mass is 9.47. The van der Waals surface area contributed by atoms with E-state index in [0.29, 0.717) is 35.2 Å². The van der Waals surface area contributed by atoms with Gasteiger partial charge in [0.1, 0.15) is 5.78 Å². The number of ketones is 2. The molecule has 0 heterocycles. The summed E-state index contributed by atoms with van der Waals surface area (Å²) in [5.41, 5.74) is 1.63. The van der Waals surface area contributed by atoms with E-state index in [-0.39, 0.29) is 10.8 Å². The summed E-state index contributed by atoms with van der Waals surface area (Å²) in [6.07, 6.45) is 20.8. The fourth-order valence-corrected chi connectivity index (χ4v) is 9.31. The first kappa shape index (κ1) is 23.6. The van der Waals surface area contributed by atoms with Crippen molar-refractivity contribution < 1.29 is 9.59 Å². The van der Waals surface area contributed by atoms with E-state index >= 15 is 0 Å². The molecule has 3 saturated carbocycles. The standard InChI is InChI=1S/C28H44O2S/c1-4-5-6-7-8-9-10-20-17-25-23-12-11-21-18-22(29)13-16-28(21,19-31-3)24(23)14-15-27(25,2)26(20)30/h18,20,23-25H,4-17,19H2,1-3H3/t20?,23-,24-,25+,27+,28-/m1/s1. The molecule has 1 unspecified atom stereocenters. The molecular weight excluding hydrogens is 400 g/mol. The van der Waals surface area contributed by atoms with Crippen LogP contribution in [0.1, 0.15) is 104 Å². The maximum atomic E-state index is 13.6. The summed E-state index contributed by atoms with van der Waals surface area (Å²) in [5, 5.41) is 0. The average molecular weight is 445 g/mol.